The van der Waals surface area contributed by atoms with Crippen LogP contribution in [-0.2, 0) is 17.5 Å². The van der Waals surface area contributed by atoms with Gasteiger partial charge in [-0.2, -0.15) is 13.2 Å². The number of halogens is 3. The van der Waals surface area contributed by atoms with Crippen LogP contribution in [0.5, 0.6) is 0 Å². The average molecular weight is 259 g/mol. The lowest BCUT2D eigenvalue weighted by atomic mass is 10.1. The number of ether oxygens (including phenoxy) is 1. The Bertz CT molecular complexity index is 386. The van der Waals surface area contributed by atoms with Crippen molar-refractivity contribution >= 4 is 0 Å². The third kappa shape index (κ3) is 3.71. The largest absolute Gasteiger partial charge is 0.416 e. The maximum absolute atomic E-state index is 12.5. The fourth-order valence-electron chi connectivity index (χ4n) is 2.01. The standard InChI is InChI=1S/C13H16F3NO/c14-13(15,16)11-3-1-2-10(8-11)9-18-12-4-6-17-7-5-12/h1-3,8,12,17H,4-7,9H2. The summed E-state index contributed by atoms with van der Waals surface area (Å²) in [5.41, 5.74) is -0.0442. The summed E-state index contributed by atoms with van der Waals surface area (Å²) in [4.78, 5) is 0. The normalized spacial score (nSPS) is 17.9. The first-order chi connectivity index (χ1) is 8.55. The zero-order valence-electron chi connectivity index (χ0n) is 9.96. The number of benzene rings is 1. The highest BCUT2D eigenvalue weighted by atomic mass is 19.4. The Morgan fingerprint density at radius 3 is 2.61 bits per heavy atom. The van der Waals surface area contributed by atoms with E-state index in [4.69, 9.17) is 4.74 Å². The first-order valence-corrected chi connectivity index (χ1v) is 6.04. The Hall–Kier alpha value is -1.07. The molecule has 1 fully saturated rings. The Balaban J connectivity index is 1.92. The third-order valence-corrected chi connectivity index (χ3v) is 3.03. The topological polar surface area (TPSA) is 21.3 Å². The summed E-state index contributed by atoms with van der Waals surface area (Å²) in [6, 6.07) is 5.31. The van der Waals surface area contributed by atoms with Gasteiger partial charge in [0.05, 0.1) is 18.3 Å². The minimum Gasteiger partial charge on any atom is -0.373 e. The van der Waals surface area contributed by atoms with Crippen molar-refractivity contribution in [3.63, 3.8) is 0 Å². The van der Waals surface area contributed by atoms with Crippen molar-refractivity contribution in [2.45, 2.75) is 31.7 Å². The maximum atomic E-state index is 12.5. The smallest absolute Gasteiger partial charge is 0.373 e. The summed E-state index contributed by atoms with van der Waals surface area (Å²) in [5, 5.41) is 3.21. The Morgan fingerprint density at radius 1 is 1.22 bits per heavy atom. The van der Waals surface area contributed by atoms with Crippen LogP contribution < -0.4 is 5.32 Å². The molecule has 0 atom stereocenters. The first-order valence-electron chi connectivity index (χ1n) is 6.04. The van der Waals surface area contributed by atoms with Crippen LogP contribution in [0.3, 0.4) is 0 Å². The van der Waals surface area contributed by atoms with E-state index in [0.29, 0.717) is 5.56 Å². The molecular formula is C13H16F3NO. The molecule has 1 saturated heterocycles. The van der Waals surface area contributed by atoms with Gasteiger partial charge < -0.3 is 10.1 Å². The summed E-state index contributed by atoms with van der Waals surface area (Å²) >= 11 is 0. The molecule has 2 rings (SSSR count). The van der Waals surface area contributed by atoms with Crippen LogP contribution in [0.1, 0.15) is 24.0 Å². The molecule has 18 heavy (non-hydrogen) atoms. The SMILES string of the molecule is FC(F)(F)c1cccc(COC2CCNCC2)c1. The van der Waals surface area contributed by atoms with Gasteiger partial charge in [-0.15, -0.1) is 0 Å². The molecule has 1 aromatic carbocycles. The van der Waals surface area contributed by atoms with E-state index in [-0.39, 0.29) is 12.7 Å². The van der Waals surface area contributed by atoms with Crippen molar-refractivity contribution < 1.29 is 17.9 Å². The highest BCUT2D eigenvalue weighted by Gasteiger charge is 2.30. The summed E-state index contributed by atoms with van der Waals surface area (Å²) < 4.78 is 43.2. The minimum atomic E-state index is -4.29. The number of alkyl halides is 3. The number of piperidine rings is 1. The van der Waals surface area contributed by atoms with Crippen molar-refractivity contribution in [3.8, 4) is 0 Å². The van der Waals surface area contributed by atoms with Crippen LogP contribution in [0.25, 0.3) is 0 Å². The molecule has 0 bridgehead atoms. The fourth-order valence-corrected chi connectivity index (χ4v) is 2.01. The van der Waals surface area contributed by atoms with Crippen LogP contribution in [0.15, 0.2) is 24.3 Å². The molecule has 1 N–H and O–H groups in total. The van der Waals surface area contributed by atoms with Crippen LogP contribution in [-0.4, -0.2) is 19.2 Å². The van der Waals surface area contributed by atoms with Gasteiger partial charge in [-0.05, 0) is 43.6 Å². The molecule has 0 aromatic heterocycles. The maximum Gasteiger partial charge on any atom is 0.416 e. The van der Waals surface area contributed by atoms with E-state index in [1.807, 2.05) is 0 Å². The number of hydrogen-bond acceptors (Lipinski definition) is 2. The third-order valence-electron chi connectivity index (χ3n) is 3.03. The molecule has 2 nitrogen and oxygen atoms in total. The highest BCUT2D eigenvalue weighted by molar-refractivity contribution is 5.25. The van der Waals surface area contributed by atoms with Gasteiger partial charge in [-0.3, -0.25) is 0 Å². The van der Waals surface area contributed by atoms with E-state index < -0.39 is 11.7 Å². The number of hydrogen-bond donors (Lipinski definition) is 1. The fraction of sp³-hybridized carbons (Fsp3) is 0.538. The molecule has 0 radical (unpaired) electrons. The molecule has 0 spiro atoms. The average Bonchev–Trinajstić information content (AvgIpc) is 2.37. The minimum absolute atomic E-state index is 0.154. The highest BCUT2D eigenvalue weighted by Crippen LogP contribution is 2.29. The quantitative estimate of drug-likeness (QED) is 0.901. The Labute approximate surface area is 104 Å². The summed E-state index contributed by atoms with van der Waals surface area (Å²) in [5.74, 6) is 0. The first kappa shape index (κ1) is 13.4. The summed E-state index contributed by atoms with van der Waals surface area (Å²) in [6.45, 7) is 2.06. The van der Waals surface area contributed by atoms with Gasteiger partial charge in [-0.25, -0.2) is 0 Å². The van der Waals surface area contributed by atoms with Gasteiger partial charge in [0.15, 0.2) is 0 Å². The molecule has 0 saturated carbocycles. The molecular weight excluding hydrogens is 243 g/mol. The molecule has 1 aromatic rings. The van der Waals surface area contributed by atoms with E-state index >= 15 is 0 Å². The van der Waals surface area contributed by atoms with Crippen molar-refractivity contribution in [1.82, 2.24) is 5.32 Å². The lowest BCUT2D eigenvalue weighted by Gasteiger charge is -2.23. The van der Waals surface area contributed by atoms with Crippen LogP contribution in [0.4, 0.5) is 13.2 Å². The Morgan fingerprint density at radius 2 is 1.94 bits per heavy atom. The van der Waals surface area contributed by atoms with Gasteiger partial charge in [-0.1, -0.05) is 12.1 Å². The van der Waals surface area contributed by atoms with Gasteiger partial charge in [0.2, 0.25) is 0 Å². The van der Waals surface area contributed by atoms with E-state index in [2.05, 4.69) is 5.32 Å². The monoisotopic (exact) mass is 259 g/mol. The van der Waals surface area contributed by atoms with Crippen molar-refractivity contribution in [2.75, 3.05) is 13.1 Å². The van der Waals surface area contributed by atoms with Crippen molar-refractivity contribution in [3.05, 3.63) is 35.4 Å². The van der Waals surface area contributed by atoms with Gasteiger partial charge in [0.1, 0.15) is 0 Å². The van der Waals surface area contributed by atoms with Crippen LogP contribution >= 0.6 is 0 Å². The van der Waals surface area contributed by atoms with Crippen LogP contribution in [0, 0.1) is 0 Å². The van der Waals surface area contributed by atoms with E-state index in [9.17, 15) is 13.2 Å². The molecule has 5 heteroatoms. The van der Waals surface area contributed by atoms with E-state index in [1.54, 1.807) is 6.07 Å². The summed E-state index contributed by atoms with van der Waals surface area (Å²) in [6.07, 6.45) is -2.30. The van der Waals surface area contributed by atoms with Gasteiger partial charge in [0.25, 0.3) is 0 Å². The predicted octanol–water partition coefficient (Wildman–Crippen LogP) is 2.97. The van der Waals surface area contributed by atoms with E-state index in [1.165, 1.54) is 6.07 Å². The second kappa shape index (κ2) is 5.71. The van der Waals surface area contributed by atoms with Gasteiger partial charge >= 0.3 is 6.18 Å². The summed E-state index contributed by atoms with van der Waals surface area (Å²) in [7, 11) is 0. The van der Waals surface area contributed by atoms with Crippen molar-refractivity contribution in [2.24, 2.45) is 0 Å². The van der Waals surface area contributed by atoms with Crippen molar-refractivity contribution in [1.29, 1.82) is 0 Å². The molecule has 1 aliphatic rings. The van der Waals surface area contributed by atoms with Gasteiger partial charge in [0, 0.05) is 0 Å². The lowest BCUT2D eigenvalue weighted by molar-refractivity contribution is -0.137. The zero-order chi connectivity index (χ0) is 13.0. The lowest BCUT2D eigenvalue weighted by Crippen LogP contribution is -2.32. The molecule has 1 heterocycles. The van der Waals surface area contributed by atoms with E-state index in [0.717, 1.165) is 38.1 Å². The van der Waals surface area contributed by atoms with Crippen LogP contribution in [0.2, 0.25) is 0 Å². The second-order valence-electron chi connectivity index (χ2n) is 4.46. The molecule has 0 unspecified atom stereocenters. The zero-order valence-corrected chi connectivity index (χ0v) is 9.96. The number of nitrogens with one attached hydrogen (secondary N) is 1. The Kier molecular flexibility index (Phi) is 4.24. The molecule has 0 aliphatic carbocycles. The second-order valence-corrected chi connectivity index (χ2v) is 4.46. The predicted molar refractivity (Wildman–Crippen MR) is 62.1 cm³/mol. The molecule has 1 aliphatic heterocycles. The molecule has 100 valence electrons. The molecule has 0 amide bonds. The number of rotatable bonds is 3.